The van der Waals surface area contributed by atoms with Gasteiger partial charge in [0.05, 0.1) is 15.9 Å². The van der Waals surface area contributed by atoms with Crippen molar-refractivity contribution in [2.75, 3.05) is 25.4 Å². The first-order valence-corrected chi connectivity index (χ1v) is 6.89. The van der Waals surface area contributed by atoms with Crippen LogP contribution < -0.4 is 45.9 Å². The van der Waals surface area contributed by atoms with E-state index in [2.05, 4.69) is 10.6 Å². The van der Waals surface area contributed by atoms with E-state index in [1.54, 1.807) is 0 Å². The third-order valence-electron chi connectivity index (χ3n) is 1.87. The maximum absolute atomic E-state index is 11.4. The second-order valence-corrected chi connectivity index (χ2v) is 5.83. The molecule has 0 aromatic heterocycles. The van der Waals surface area contributed by atoms with Gasteiger partial charge < -0.3 is 26.4 Å². The van der Waals surface area contributed by atoms with E-state index in [4.69, 9.17) is 5.73 Å². The minimum atomic E-state index is -4.35. The van der Waals surface area contributed by atoms with Crippen molar-refractivity contribution in [3.8, 4) is 0 Å². The molecule has 0 saturated heterocycles. The molecule has 6 N–H and O–H groups in total. The summed E-state index contributed by atoms with van der Waals surface area (Å²) in [7, 11) is -4.35. The predicted molar refractivity (Wildman–Crippen MR) is 66.9 cm³/mol. The quantitative estimate of drug-likeness (QED) is 0.231. The molecule has 0 unspecified atom stereocenters. The number of amides is 1. The van der Waals surface area contributed by atoms with Crippen LogP contribution in [0.25, 0.3) is 0 Å². The zero-order chi connectivity index (χ0) is 13.5. The fraction of sp³-hybridized carbons (Fsp3) is 0.889. The molecule has 0 saturated carbocycles. The minimum absolute atomic E-state index is 0. The number of carbonyl (C=O) groups is 1. The van der Waals surface area contributed by atoms with Crippen molar-refractivity contribution in [2.45, 2.75) is 25.8 Å². The first-order chi connectivity index (χ1) is 7.66. The van der Waals surface area contributed by atoms with Gasteiger partial charge in [-0.2, -0.15) is 0 Å². The number of hydrogen-bond acceptors (Lipinski definition) is 6. The molecule has 10 heteroatoms. The molecular weight excluding hydrogens is 285 g/mol. The number of carbonyl (C=O) groups excluding carboxylic acids is 1. The van der Waals surface area contributed by atoms with Gasteiger partial charge in [-0.1, -0.05) is 0 Å². The fourth-order valence-corrected chi connectivity index (χ4v) is 2.30. The maximum atomic E-state index is 11.4. The van der Waals surface area contributed by atoms with Crippen LogP contribution in [0.15, 0.2) is 0 Å². The summed E-state index contributed by atoms with van der Waals surface area (Å²) in [5.41, 5.74) is 4.20. The van der Waals surface area contributed by atoms with Gasteiger partial charge in [-0.3, -0.25) is 4.79 Å². The van der Waals surface area contributed by atoms with Crippen molar-refractivity contribution in [3.05, 3.63) is 0 Å². The Bertz CT molecular complexity index is 348. The van der Waals surface area contributed by atoms with Gasteiger partial charge in [0.2, 0.25) is 5.91 Å². The zero-order valence-electron chi connectivity index (χ0n) is 11.7. The summed E-state index contributed by atoms with van der Waals surface area (Å²) in [5, 5.41) is 5.43. The summed E-state index contributed by atoms with van der Waals surface area (Å²) >= 11 is 0. The van der Waals surface area contributed by atoms with Gasteiger partial charge in [0.25, 0.3) is 0 Å². The molecule has 0 aliphatic carbocycles. The molecular formula is C9H22N3NaO5S. The van der Waals surface area contributed by atoms with Gasteiger partial charge in [0.1, 0.15) is 0 Å². The molecule has 0 fully saturated rings. The number of hydrogen-bond donors (Lipinski definition) is 3. The Hall–Kier alpha value is 0.260. The molecule has 0 aliphatic heterocycles. The third kappa shape index (κ3) is 16.2. The Morgan fingerprint density at radius 1 is 1.32 bits per heavy atom. The number of rotatable bonds is 8. The van der Waals surface area contributed by atoms with Crippen molar-refractivity contribution < 1.29 is 52.8 Å². The first-order valence-electron chi connectivity index (χ1n) is 5.32. The Morgan fingerprint density at radius 2 is 1.84 bits per heavy atom. The van der Waals surface area contributed by atoms with Crippen LogP contribution in [0.3, 0.4) is 0 Å². The van der Waals surface area contributed by atoms with E-state index in [-0.39, 0.29) is 47.4 Å². The normalized spacial score (nSPS) is 11.2. The van der Waals surface area contributed by atoms with Crippen LogP contribution in [0, 0.1) is 0 Å². The van der Waals surface area contributed by atoms with Gasteiger partial charge in [0.15, 0.2) is 0 Å². The van der Waals surface area contributed by atoms with E-state index >= 15 is 0 Å². The smallest absolute Gasteiger partial charge is 0.748 e. The molecule has 0 bridgehead atoms. The predicted octanol–water partition coefficient (Wildman–Crippen LogP) is -5.46. The van der Waals surface area contributed by atoms with E-state index in [1.165, 1.54) is 13.8 Å². The molecule has 0 heterocycles. The second kappa shape index (κ2) is 11.0. The molecule has 0 radical (unpaired) electrons. The Labute approximate surface area is 136 Å². The summed E-state index contributed by atoms with van der Waals surface area (Å²) < 4.78 is 31.8. The Balaban J connectivity index is -0.00000128. The Morgan fingerprint density at radius 3 is 2.26 bits per heavy atom. The van der Waals surface area contributed by atoms with Crippen LogP contribution in [0.2, 0.25) is 0 Å². The molecule has 1 amide bonds. The van der Waals surface area contributed by atoms with E-state index in [0.29, 0.717) is 19.6 Å². The number of nitrogens with two attached hydrogens (primary N) is 1. The van der Waals surface area contributed by atoms with Crippen LogP contribution in [0.4, 0.5) is 0 Å². The summed E-state index contributed by atoms with van der Waals surface area (Å²) in [5.74, 6) is -0.926. The van der Waals surface area contributed by atoms with E-state index in [0.717, 1.165) is 0 Å². The molecule has 0 rings (SSSR count). The first kappa shape index (κ1) is 24.3. The monoisotopic (exact) mass is 307 g/mol. The molecule has 0 atom stereocenters. The average molecular weight is 307 g/mol. The summed E-state index contributed by atoms with van der Waals surface area (Å²) in [6.45, 7) is 4.55. The maximum Gasteiger partial charge on any atom is 1.00 e. The van der Waals surface area contributed by atoms with Gasteiger partial charge in [-0.05, 0) is 13.8 Å². The molecule has 0 aliphatic rings. The topological polar surface area (TPSA) is 156 Å². The van der Waals surface area contributed by atoms with E-state index in [9.17, 15) is 17.8 Å². The molecule has 110 valence electrons. The van der Waals surface area contributed by atoms with E-state index in [1.807, 2.05) is 0 Å². The van der Waals surface area contributed by atoms with Crippen molar-refractivity contribution >= 4 is 16.0 Å². The zero-order valence-corrected chi connectivity index (χ0v) is 14.5. The fourth-order valence-electron chi connectivity index (χ4n) is 1.35. The SMILES string of the molecule is CC(C)(CS(=O)(=O)[O-])NC(=O)CCNCCN.O.[Na+]. The van der Waals surface area contributed by atoms with Gasteiger partial charge >= 0.3 is 29.6 Å². The van der Waals surface area contributed by atoms with Crippen molar-refractivity contribution in [1.82, 2.24) is 10.6 Å². The van der Waals surface area contributed by atoms with Gasteiger partial charge in [-0.25, -0.2) is 8.42 Å². The standard InChI is InChI=1S/C9H21N3O4S.Na.H2O/c1-9(2,7-17(14,15)16)12-8(13)3-5-11-6-4-10;;/h11H,3-7,10H2,1-2H3,(H,12,13)(H,14,15,16);;1H2/q;+1;/p-1. The molecule has 19 heavy (non-hydrogen) atoms. The summed E-state index contributed by atoms with van der Waals surface area (Å²) in [6.07, 6.45) is 0.211. The minimum Gasteiger partial charge on any atom is -0.748 e. The molecule has 8 nitrogen and oxygen atoms in total. The molecule has 0 aromatic rings. The van der Waals surface area contributed by atoms with Crippen molar-refractivity contribution in [2.24, 2.45) is 5.73 Å². The van der Waals surface area contributed by atoms with Crippen LogP contribution >= 0.6 is 0 Å². The van der Waals surface area contributed by atoms with Crippen LogP contribution in [-0.2, 0) is 14.9 Å². The van der Waals surface area contributed by atoms with Crippen LogP contribution in [0.5, 0.6) is 0 Å². The summed E-state index contributed by atoms with van der Waals surface area (Å²) in [6, 6.07) is 0. The summed E-state index contributed by atoms with van der Waals surface area (Å²) in [4.78, 5) is 11.4. The van der Waals surface area contributed by atoms with Crippen LogP contribution in [0.1, 0.15) is 20.3 Å². The second-order valence-electron chi connectivity index (χ2n) is 4.42. The number of nitrogens with one attached hydrogen (secondary N) is 2. The van der Waals surface area contributed by atoms with Crippen molar-refractivity contribution in [1.29, 1.82) is 0 Å². The van der Waals surface area contributed by atoms with Crippen LogP contribution in [-0.4, -0.2) is 55.3 Å². The van der Waals surface area contributed by atoms with E-state index < -0.39 is 21.4 Å². The largest absolute Gasteiger partial charge is 1.00 e. The molecule has 0 aromatic carbocycles. The van der Waals surface area contributed by atoms with Gasteiger partial charge in [0, 0.05) is 31.6 Å². The van der Waals surface area contributed by atoms with Gasteiger partial charge in [-0.15, -0.1) is 0 Å². The average Bonchev–Trinajstić information content (AvgIpc) is 2.07. The molecule has 0 spiro atoms. The Kier molecular flexibility index (Phi) is 14.0. The van der Waals surface area contributed by atoms with Crippen molar-refractivity contribution in [3.63, 3.8) is 0 Å². The third-order valence-corrected chi connectivity index (χ3v) is 2.94.